The molecule has 0 aliphatic heterocycles. The van der Waals surface area contributed by atoms with Crippen LogP contribution in [0.3, 0.4) is 0 Å². The summed E-state index contributed by atoms with van der Waals surface area (Å²) in [6, 6.07) is 11.5. The number of amides is 1. The average Bonchev–Trinajstić information content (AvgIpc) is 3.23. The zero-order valence-corrected chi connectivity index (χ0v) is 10.8. The Balaban J connectivity index is 1.72. The number of hydrogen-bond donors (Lipinski definition) is 2. The van der Waals surface area contributed by atoms with E-state index in [-0.39, 0.29) is 11.7 Å². The quantitative estimate of drug-likeness (QED) is 0.898. The van der Waals surface area contributed by atoms with Crippen molar-refractivity contribution < 1.29 is 9.18 Å². The number of halogens is 1. The van der Waals surface area contributed by atoms with E-state index in [1.54, 1.807) is 24.3 Å². The summed E-state index contributed by atoms with van der Waals surface area (Å²) in [4.78, 5) is 16.3. The molecule has 0 radical (unpaired) electrons. The first-order valence-corrected chi connectivity index (χ1v) is 6.51. The molecule has 0 atom stereocenters. The first kappa shape index (κ1) is 12.6. The summed E-state index contributed by atoms with van der Waals surface area (Å²) in [5.74, 6) is -0.0469. The van der Waals surface area contributed by atoms with Crippen LogP contribution in [0.1, 0.15) is 23.3 Å². The standard InChI is InChI=1S/C15H14FN3O/c16-10-3-1-4-12(9-10)18-15(20)13-5-2-6-14(19-13)17-11-7-8-11/h1-6,9,11H,7-8H2,(H,17,19)(H,18,20). The molecule has 1 aromatic carbocycles. The summed E-state index contributed by atoms with van der Waals surface area (Å²) in [6.45, 7) is 0. The number of aromatic nitrogens is 1. The maximum atomic E-state index is 13.1. The minimum absolute atomic E-state index is 0.305. The molecule has 5 heteroatoms. The van der Waals surface area contributed by atoms with Crippen LogP contribution in [0.25, 0.3) is 0 Å². The van der Waals surface area contributed by atoms with Crippen LogP contribution in [0, 0.1) is 5.82 Å². The molecule has 0 spiro atoms. The van der Waals surface area contributed by atoms with E-state index in [1.807, 2.05) is 6.07 Å². The van der Waals surface area contributed by atoms with Gasteiger partial charge in [0.05, 0.1) is 0 Å². The maximum Gasteiger partial charge on any atom is 0.274 e. The van der Waals surface area contributed by atoms with Crippen LogP contribution in [-0.4, -0.2) is 16.9 Å². The second-order valence-corrected chi connectivity index (χ2v) is 4.79. The Morgan fingerprint density at radius 3 is 2.75 bits per heavy atom. The topological polar surface area (TPSA) is 54.0 Å². The molecule has 3 rings (SSSR count). The minimum Gasteiger partial charge on any atom is -0.367 e. The normalized spacial score (nSPS) is 13.8. The number of nitrogens with one attached hydrogen (secondary N) is 2. The number of carbonyl (C=O) groups is 1. The maximum absolute atomic E-state index is 13.1. The lowest BCUT2D eigenvalue weighted by Gasteiger charge is -2.07. The second-order valence-electron chi connectivity index (χ2n) is 4.79. The van der Waals surface area contributed by atoms with Crippen LogP contribution in [0.5, 0.6) is 0 Å². The van der Waals surface area contributed by atoms with Crippen molar-refractivity contribution >= 4 is 17.4 Å². The molecule has 1 aliphatic carbocycles. The Labute approximate surface area is 116 Å². The van der Waals surface area contributed by atoms with Gasteiger partial charge in [-0.1, -0.05) is 12.1 Å². The van der Waals surface area contributed by atoms with Gasteiger partial charge in [-0.15, -0.1) is 0 Å². The van der Waals surface area contributed by atoms with Crippen molar-refractivity contribution in [3.05, 3.63) is 54.0 Å². The van der Waals surface area contributed by atoms with Gasteiger partial charge in [-0.25, -0.2) is 9.37 Å². The monoisotopic (exact) mass is 271 g/mol. The van der Waals surface area contributed by atoms with Crippen molar-refractivity contribution in [1.82, 2.24) is 4.98 Å². The average molecular weight is 271 g/mol. The number of nitrogens with zero attached hydrogens (tertiary/aromatic N) is 1. The fraction of sp³-hybridized carbons (Fsp3) is 0.200. The zero-order valence-electron chi connectivity index (χ0n) is 10.8. The molecule has 0 saturated heterocycles. The first-order valence-electron chi connectivity index (χ1n) is 6.51. The smallest absolute Gasteiger partial charge is 0.274 e. The highest BCUT2D eigenvalue weighted by Crippen LogP contribution is 2.23. The third kappa shape index (κ3) is 3.12. The number of benzene rings is 1. The van der Waals surface area contributed by atoms with Crippen molar-refractivity contribution in [2.24, 2.45) is 0 Å². The highest BCUT2D eigenvalue weighted by atomic mass is 19.1. The molecular weight excluding hydrogens is 257 g/mol. The lowest BCUT2D eigenvalue weighted by Crippen LogP contribution is -2.15. The molecule has 20 heavy (non-hydrogen) atoms. The molecule has 1 fully saturated rings. The zero-order chi connectivity index (χ0) is 13.9. The highest BCUT2D eigenvalue weighted by Gasteiger charge is 2.21. The summed E-state index contributed by atoms with van der Waals surface area (Å²) >= 11 is 0. The summed E-state index contributed by atoms with van der Waals surface area (Å²) < 4.78 is 13.1. The van der Waals surface area contributed by atoms with Crippen LogP contribution < -0.4 is 10.6 Å². The van der Waals surface area contributed by atoms with E-state index in [4.69, 9.17) is 0 Å². The van der Waals surface area contributed by atoms with Crippen molar-refractivity contribution in [3.63, 3.8) is 0 Å². The molecule has 1 amide bonds. The number of hydrogen-bond acceptors (Lipinski definition) is 3. The minimum atomic E-state index is -0.389. The van der Waals surface area contributed by atoms with Gasteiger partial charge >= 0.3 is 0 Å². The Hall–Kier alpha value is -2.43. The van der Waals surface area contributed by atoms with Gasteiger partial charge in [-0.3, -0.25) is 4.79 Å². The highest BCUT2D eigenvalue weighted by molar-refractivity contribution is 6.03. The number of rotatable bonds is 4. The lowest BCUT2D eigenvalue weighted by molar-refractivity contribution is 0.102. The molecule has 0 bridgehead atoms. The summed E-state index contributed by atoms with van der Waals surface area (Å²) in [5.41, 5.74) is 0.720. The van der Waals surface area contributed by atoms with Crippen molar-refractivity contribution in [3.8, 4) is 0 Å². The van der Waals surface area contributed by atoms with Gasteiger partial charge < -0.3 is 10.6 Å². The Morgan fingerprint density at radius 1 is 1.20 bits per heavy atom. The molecule has 0 unspecified atom stereocenters. The van der Waals surface area contributed by atoms with E-state index in [2.05, 4.69) is 15.6 Å². The first-order chi connectivity index (χ1) is 9.70. The van der Waals surface area contributed by atoms with Crippen molar-refractivity contribution in [2.45, 2.75) is 18.9 Å². The molecule has 2 N–H and O–H groups in total. The SMILES string of the molecule is O=C(Nc1cccc(F)c1)c1cccc(NC2CC2)n1. The molecule has 1 heterocycles. The van der Waals surface area contributed by atoms with E-state index in [0.29, 0.717) is 23.2 Å². The molecule has 2 aromatic rings. The lowest BCUT2D eigenvalue weighted by atomic mass is 10.3. The Bertz CT molecular complexity index is 641. The van der Waals surface area contributed by atoms with Crippen molar-refractivity contribution in [2.75, 3.05) is 10.6 Å². The fourth-order valence-electron chi connectivity index (χ4n) is 1.84. The summed E-state index contributed by atoms with van der Waals surface area (Å²) in [5, 5.41) is 5.86. The molecule has 1 aromatic heterocycles. The van der Waals surface area contributed by atoms with Gasteiger partial charge in [0.1, 0.15) is 17.3 Å². The Morgan fingerprint density at radius 2 is 2.00 bits per heavy atom. The van der Waals surface area contributed by atoms with Crippen LogP contribution in [-0.2, 0) is 0 Å². The third-order valence-corrected chi connectivity index (χ3v) is 2.99. The van der Waals surface area contributed by atoms with Gasteiger partial charge in [-0.2, -0.15) is 0 Å². The number of carbonyl (C=O) groups excluding carboxylic acids is 1. The Kier molecular flexibility index (Phi) is 3.33. The van der Waals surface area contributed by atoms with E-state index in [0.717, 1.165) is 12.8 Å². The van der Waals surface area contributed by atoms with E-state index >= 15 is 0 Å². The van der Waals surface area contributed by atoms with E-state index in [1.165, 1.54) is 12.1 Å². The second kappa shape index (κ2) is 5.28. The molecule has 1 aliphatic rings. The largest absolute Gasteiger partial charge is 0.367 e. The van der Waals surface area contributed by atoms with Crippen LogP contribution in [0.15, 0.2) is 42.5 Å². The molecular formula is C15H14FN3O. The predicted octanol–water partition coefficient (Wildman–Crippen LogP) is 3.05. The summed E-state index contributed by atoms with van der Waals surface area (Å²) in [6.07, 6.45) is 2.28. The fourth-order valence-corrected chi connectivity index (χ4v) is 1.84. The predicted molar refractivity (Wildman–Crippen MR) is 75.2 cm³/mol. The van der Waals surface area contributed by atoms with Gasteiger partial charge in [-0.05, 0) is 43.2 Å². The summed E-state index contributed by atoms with van der Waals surface area (Å²) in [7, 11) is 0. The van der Waals surface area contributed by atoms with Gasteiger partial charge in [0.25, 0.3) is 5.91 Å². The van der Waals surface area contributed by atoms with Gasteiger partial charge in [0.2, 0.25) is 0 Å². The van der Waals surface area contributed by atoms with Crippen molar-refractivity contribution in [1.29, 1.82) is 0 Å². The third-order valence-electron chi connectivity index (χ3n) is 2.99. The molecule has 102 valence electrons. The number of anilines is 2. The molecule has 4 nitrogen and oxygen atoms in total. The van der Waals surface area contributed by atoms with Crippen LogP contribution in [0.4, 0.5) is 15.9 Å². The van der Waals surface area contributed by atoms with Gasteiger partial charge in [0.15, 0.2) is 0 Å². The van der Waals surface area contributed by atoms with Crippen LogP contribution >= 0.6 is 0 Å². The van der Waals surface area contributed by atoms with E-state index in [9.17, 15) is 9.18 Å². The van der Waals surface area contributed by atoms with Gasteiger partial charge in [0, 0.05) is 11.7 Å². The van der Waals surface area contributed by atoms with E-state index < -0.39 is 0 Å². The molecule has 1 saturated carbocycles. The van der Waals surface area contributed by atoms with Crippen LogP contribution in [0.2, 0.25) is 0 Å². The number of pyridine rings is 1.